The molecular formula is C14H16ClNO3. The molecule has 0 spiro atoms. The topological polar surface area (TPSA) is 46.6 Å². The number of anilines is 1. The van der Waals surface area contributed by atoms with E-state index in [0.717, 1.165) is 16.8 Å². The summed E-state index contributed by atoms with van der Waals surface area (Å²) in [5.74, 6) is -0.487. The summed E-state index contributed by atoms with van der Waals surface area (Å²) in [6.45, 7) is 5.01. The number of ketones is 1. The van der Waals surface area contributed by atoms with Gasteiger partial charge in [0.05, 0.1) is 24.5 Å². The van der Waals surface area contributed by atoms with Gasteiger partial charge in [0.15, 0.2) is 0 Å². The molecule has 0 N–H and O–H groups in total. The summed E-state index contributed by atoms with van der Waals surface area (Å²) >= 11 is 5.51. The molecule has 0 saturated carbocycles. The average molecular weight is 282 g/mol. The second-order valence-electron chi connectivity index (χ2n) is 4.57. The van der Waals surface area contributed by atoms with Gasteiger partial charge >= 0.3 is 0 Å². The van der Waals surface area contributed by atoms with Crippen LogP contribution in [-0.2, 0) is 9.53 Å². The maximum atomic E-state index is 12.0. The Balaban J connectivity index is 2.23. The minimum absolute atomic E-state index is 0.373. The Labute approximate surface area is 117 Å². The van der Waals surface area contributed by atoms with E-state index < -0.39 is 11.7 Å². The Hall–Kier alpha value is -1.39. The molecule has 0 radical (unpaired) electrons. The number of alkyl halides is 1. The zero-order valence-corrected chi connectivity index (χ0v) is 11.8. The van der Waals surface area contributed by atoms with Crippen LogP contribution in [0.3, 0.4) is 0 Å². The fourth-order valence-corrected chi connectivity index (χ4v) is 2.47. The normalized spacial score (nSPS) is 14.2. The fourth-order valence-electron chi connectivity index (χ4n) is 2.36. The Morgan fingerprint density at radius 3 is 2.63 bits per heavy atom. The lowest BCUT2D eigenvalue weighted by atomic mass is 10.0. The van der Waals surface area contributed by atoms with Crippen molar-refractivity contribution in [1.82, 2.24) is 0 Å². The molecule has 19 heavy (non-hydrogen) atoms. The van der Waals surface area contributed by atoms with Crippen LogP contribution in [0, 0.1) is 13.8 Å². The number of ether oxygens (including phenoxy) is 1. The van der Waals surface area contributed by atoms with Gasteiger partial charge in [0.1, 0.15) is 0 Å². The van der Waals surface area contributed by atoms with E-state index in [4.69, 9.17) is 16.3 Å². The summed E-state index contributed by atoms with van der Waals surface area (Å²) in [6.07, 6.45) is 0. The minimum Gasteiger partial charge on any atom is -0.378 e. The van der Waals surface area contributed by atoms with Crippen molar-refractivity contribution < 1.29 is 14.3 Å². The highest BCUT2D eigenvalue weighted by Crippen LogP contribution is 2.33. The molecule has 0 aliphatic carbocycles. The van der Waals surface area contributed by atoms with Crippen LogP contribution < -0.4 is 4.90 Å². The summed E-state index contributed by atoms with van der Waals surface area (Å²) < 4.78 is 5.27. The van der Waals surface area contributed by atoms with Crippen LogP contribution >= 0.6 is 11.6 Å². The first kappa shape index (κ1) is 14.0. The van der Waals surface area contributed by atoms with E-state index in [1.54, 1.807) is 6.07 Å². The van der Waals surface area contributed by atoms with E-state index in [1.165, 1.54) is 4.90 Å². The number of benzene rings is 1. The number of hydrogen-bond donors (Lipinski definition) is 0. The Kier molecular flexibility index (Phi) is 4.22. The third-order valence-corrected chi connectivity index (χ3v) is 3.23. The predicted molar refractivity (Wildman–Crippen MR) is 74.1 cm³/mol. The summed E-state index contributed by atoms with van der Waals surface area (Å²) in [7, 11) is 0. The molecular weight excluding hydrogens is 266 g/mol. The first-order valence-electron chi connectivity index (χ1n) is 6.17. The molecule has 1 amide bonds. The second kappa shape index (κ2) is 5.72. The van der Waals surface area contributed by atoms with Crippen LogP contribution in [-0.4, -0.2) is 37.3 Å². The first-order chi connectivity index (χ1) is 9.06. The number of rotatable bonds is 5. The zero-order chi connectivity index (χ0) is 14.0. The molecule has 0 bridgehead atoms. The van der Waals surface area contributed by atoms with E-state index >= 15 is 0 Å². The first-order valence-corrected chi connectivity index (χ1v) is 6.71. The number of halogens is 1. The number of amides is 1. The predicted octanol–water partition coefficient (Wildman–Crippen LogP) is 2.09. The van der Waals surface area contributed by atoms with Crippen LogP contribution in [0.5, 0.6) is 0 Å². The minimum atomic E-state index is -0.474. The number of Topliss-reactive ketones (excluding diaryl/α,β-unsaturated/α-hetero) is 1. The van der Waals surface area contributed by atoms with Crippen molar-refractivity contribution in [2.75, 3.05) is 30.5 Å². The van der Waals surface area contributed by atoms with E-state index in [0.29, 0.717) is 31.2 Å². The lowest BCUT2D eigenvalue weighted by Crippen LogP contribution is -2.33. The molecule has 0 saturated heterocycles. The van der Waals surface area contributed by atoms with Crippen molar-refractivity contribution in [2.24, 2.45) is 0 Å². The van der Waals surface area contributed by atoms with Gasteiger partial charge < -0.3 is 9.64 Å². The van der Waals surface area contributed by atoms with E-state index in [9.17, 15) is 9.59 Å². The van der Waals surface area contributed by atoms with Crippen LogP contribution in [0.15, 0.2) is 12.1 Å². The third-order valence-electron chi connectivity index (χ3n) is 3.08. The van der Waals surface area contributed by atoms with Crippen LogP contribution in [0.25, 0.3) is 0 Å². The molecule has 0 atom stereocenters. The van der Waals surface area contributed by atoms with Crippen molar-refractivity contribution >= 4 is 29.0 Å². The van der Waals surface area contributed by atoms with Gasteiger partial charge in [-0.15, -0.1) is 11.6 Å². The van der Waals surface area contributed by atoms with Crippen molar-refractivity contribution in [2.45, 2.75) is 13.8 Å². The molecule has 0 aromatic heterocycles. The molecule has 1 aliphatic heterocycles. The number of fused-ring (bicyclic) bond motifs is 1. The van der Waals surface area contributed by atoms with Gasteiger partial charge in [0.2, 0.25) is 0 Å². The van der Waals surface area contributed by atoms with Crippen LogP contribution in [0.1, 0.15) is 21.5 Å². The van der Waals surface area contributed by atoms with Crippen molar-refractivity contribution in [3.8, 4) is 0 Å². The number of aryl methyl sites for hydroxylation is 2. The number of carbonyl (C=O) groups excluding carboxylic acids is 2. The summed E-state index contributed by atoms with van der Waals surface area (Å²) in [4.78, 5) is 25.4. The molecule has 4 nitrogen and oxygen atoms in total. The Bertz CT molecular complexity index is 528. The molecule has 1 aliphatic rings. The standard InChI is InChI=1S/C14H16ClNO3/c1-9-7-10(2)12-11(8-9)13(17)14(18)16(12)4-6-19-5-3-15/h7-8H,3-6H2,1-2H3. The van der Waals surface area contributed by atoms with E-state index in [2.05, 4.69) is 0 Å². The largest absolute Gasteiger partial charge is 0.378 e. The van der Waals surface area contributed by atoms with Crippen LogP contribution in [0.2, 0.25) is 0 Å². The summed E-state index contributed by atoms with van der Waals surface area (Å²) in [6, 6.07) is 3.74. The van der Waals surface area contributed by atoms with E-state index in [-0.39, 0.29) is 0 Å². The molecule has 1 aromatic carbocycles. The smallest absolute Gasteiger partial charge is 0.299 e. The van der Waals surface area contributed by atoms with Gasteiger partial charge in [-0.25, -0.2) is 0 Å². The van der Waals surface area contributed by atoms with Crippen molar-refractivity contribution in [3.05, 3.63) is 28.8 Å². The molecule has 1 aromatic rings. The maximum Gasteiger partial charge on any atom is 0.299 e. The molecule has 5 heteroatoms. The lowest BCUT2D eigenvalue weighted by Gasteiger charge is -2.18. The van der Waals surface area contributed by atoms with Crippen LogP contribution in [0.4, 0.5) is 5.69 Å². The second-order valence-corrected chi connectivity index (χ2v) is 4.94. The molecule has 0 unspecified atom stereocenters. The average Bonchev–Trinajstić information content (AvgIpc) is 2.60. The fraction of sp³-hybridized carbons (Fsp3) is 0.429. The third kappa shape index (κ3) is 2.65. The zero-order valence-electron chi connectivity index (χ0n) is 11.0. The molecule has 2 rings (SSSR count). The molecule has 1 heterocycles. The maximum absolute atomic E-state index is 12.0. The van der Waals surface area contributed by atoms with Crippen molar-refractivity contribution in [1.29, 1.82) is 0 Å². The Morgan fingerprint density at radius 2 is 1.95 bits per heavy atom. The highest BCUT2D eigenvalue weighted by molar-refractivity contribution is 6.52. The number of carbonyl (C=O) groups is 2. The summed E-state index contributed by atoms with van der Waals surface area (Å²) in [5, 5.41) is 0. The van der Waals surface area contributed by atoms with Gasteiger partial charge in [-0.05, 0) is 31.0 Å². The van der Waals surface area contributed by atoms with Crippen molar-refractivity contribution in [3.63, 3.8) is 0 Å². The highest BCUT2D eigenvalue weighted by Gasteiger charge is 2.36. The lowest BCUT2D eigenvalue weighted by molar-refractivity contribution is -0.114. The quantitative estimate of drug-likeness (QED) is 0.472. The van der Waals surface area contributed by atoms with Gasteiger partial charge in [0.25, 0.3) is 11.7 Å². The SMILES string of the molecule is Cc1cc(C)c2c(c1)C(=O)C(=O)N2CCOCCCl. The molecule has 102 valence electrons. The van der Waals surface area contributed by atoms with Gasteiger partial charge in [-0.2, -0.15) is 0 Å². The summed E-state index contributed by atoms with van der Waals surface area (Å²) in [5.41, 5.74) is 3.14. The van der Waals surface area contributed by atoms with Gasteiger partial charge in [-0.1, -0.05) is 6.07 Å². The Morgan fingerprint density at radius 1 is 1.21 bits per heavy atom. The number of nitrogens with zero attached hydrogens (tertiary/aromatic N) is 1. The number of hydrogen-bond acceptors (Lipinski definition) is 3. The highest BCUT2D eigenvalue weighted by atomic mass is 35.5. The van der Waals surface area contributed by atoms with Gasteiger partial charge in [-0.3, -0.25) is 9.59 Å². The van der Waals surface area contributed by atoms with E-state index in [1.807, 2.05) is 19.9 Å². The molecule has 0 fully saturated rings. The monoisotopic (exact) mass is 281 g/mol. The van der Waals surface area contributed by atoms with Gasteiger partial charge in [0, 0.05) is 12.4 Å².